The summed E-state index contributed by atoms with van der Waals surface area (Å²) in [5.74, 6) is -3.44. The molecule has 0 aliphatic carbocycles. The molecule has 1 heterocycles. The Labute approximate surface area is 153 Å². The lowest BCUT2D eigenvalue weighted by molar-refractivity contribution is 0.0488. The number of aromatic hydroxyl groups is 1. The van der Waals surface area contributed by atoms with E-state index in [0.717, 1.165) is 24.9 Å². The number of nitrogens with zero attached hydrogens (tertiary/aromatic N) is 1. The Morgan fingerprint density at radius 3 is 2.22 bits per heavy atom. The lowest BCUT2D eigenvalue weighted by atomic mass is 10.0. The minimum atomic E-state index is -1.05. The molecule has 2 rings (SSSR count). The second-order valence-electron chi connectivity index (χ2n) is 5.15. The third-order valence-electron chi connectivity index (χ3n) is 3.60. The number of pyridine rings is 1. The first-order valence-electron chi connectivity index (χ1n) is 7.79. The van der Waals surface area contributed by atoms with Gasteiger partial charge in [0, 0.05) is 6.07 Å². The molecule has 1 N–H and O–H groups in total. The first-order valence-corrected chi connectivity index (χ1v) is 7.79. The normalized spacial score (nSPS) is 10.2. The summed E-state index contributed by atoms with van der Waals surface area (Å²) in [6.45, 7) is 1.47. The molecule has 27 heavy (non-hydrogen) atoms. The molecule has 9 heteroatoms. The van der Waals surface area contributed by atoms with E-state index in [-0.39, 0.29) is 18.0 Å². The van der Waals surface area contributed by atoms with Crippen LogP contribution in [0.5, 0.6) is 5.75 Å². The molecule has 0 saturated heterocycles. The fourth-order valence-corrected chi connectivity index (χ4v) is 2.47. The van der Waals surface area contributed by atoms with Crippen LogP contribution in [-0.4, -0.2) is 48.4 Å². The highest BCUT2D eigenvalue weighted by Gasteiger charge is 2.32. The molecule has 9 nitrogen and oxygen atoms in total. The van der Waals surface area contributed by atoms with Crippen molar-refractivity contribution in [1.29, 1.82) is 0 Å². The summed E-state index contributed by atoms with van der Waals surface area (Å²) in [6.07, 6.45) is 0. The van der Waals surface area contributed by atoms with Crippen molar-refractivity contribution in [1.82, 2.24) is 4.57 Å². The van der Waals surface area contributed by atoms with E-state index in [9.17, 15) is 24.3 Å². The van der Waals surface area contributed by atoms with Crippen molar-refractivity contribution in [3.05, 3.63) is 57.5 Å². The summed E-state index contributed by atoms with van der Waals surface area (Å²) in [7, 11) is 2.11. The van der Waals surface area contributed by atoms with Crippen LogP contribution in [0.15, 0.2) is 35.1 Å². The average molecular weight is 375 g/mol. The van der Waals surface area contributed by atoms with E-state index in [4.69, 9.17) is 4.74 Å². The van der Waals surface area contributed by atoms with E-state index in [2.05, 4.69) is 9.47 Å². The molecule has 1 aromatic carbocycles. The molecule has 0 radical (unpaired) electrons. The minimum Gasteiger partial charge on any atom is -0.506 e. The van der Waals surface area contributed by atoms with Crippen molar-refractivity contribution in [2.45, 2.75) is 6.92 Å². The number of rotatable bonds is 5. The lowest BCUT2D eigenvalue weighted by Crippen LogP contribution is -2.31. The molecular formula is C18H17NO8. The van der Waals surface area contributed by atoms with Crippen LogP contribution in [0.1, 0.15) is 38.1 Å². The van der Waals surface area contributed by atoms with E-state index < -0.39 is 40.3 Å². The predicted molar refractivity (Wildman–Crippen MR) is 92.3 cm³/mol. The van der Waals surface area contributed by atoms with Crippen LogP contribution < -0.4 is 5.56 Å². The van der Waals surface area contributed by atoms with Gasteiger partial charge in [-0.25, -0.2) is 14.4 Å². The van der Waals surface area contributed by atoms with Crippen LogP contribution in [0.4, 0.5) is 0 Å². The maximum absolute atomic E-state index is 12.7. The summed E-state index contributed by atoms with van der Waals surface area (Å²) >= 11 is 0. The smallest absolute Gasteiger partial charge is 0.356 e. The van der Waals surface area contributed by atoms with Gasteiger partial charge in [0.25, 0.3) is 5.56 Å². The summed E-state index contributed by atoms with van der Waals surface area (Å²) in [5.41, 5.74) is -2.45. The zero-order chi connectivity index (χ0) is 20.1. The maximum atomic E-state index is 12.7. The zero-order valence-electron chi connectivity index (χ0n) is 14.8. The highest BCUT2D eigenvalue weighted by Crippen LogP contribution is 2.25. The second kappa shape index (κ2) is 8.17. The van der Waals surface area contributed by atoms with Crippen LogP contribution in [0.2, 0.25) is 0 Å². The maximum Gasteiger partial charge on any atom is 0.356 e. The van der Waals surface area contributed by atoms with E-state index >= 15 is 0 Å². The largest absolute Gasteiger partial charge is 0.506 e. The number of carbonyl (C=O) groups is 3. The van der Waals surface area contributed by atoms with Crippen molar-refractivity contribution in [2.24, 2.45) is 0 Å². The molecular weight excluding hydrogens is 358 g/mol. The molecule has 0 bridgehead atoms. The van der Waals surface area contributed by atoms with Gasteiger partial charge in [-0.2, -0.15) is 0 Å². The van der Waals surface area contributed by atoms with Crippen LogP contribution in [0.25, 0.3) is 5.69 Å². The van der Waals surface area contributed by atoms with Crippen LogP contribution in [-0.2, 0) is 14.2 Å². The Bertz CT molecular complexity index is 960. The second-order valence-corrected chi connectivity index (χ2v) is 5.15. The van der Waals surface area contributed by atoms with Crippen LogP contribution in [0.3, 0.4) is 0 Å². The van der Waals surface area contributed by atoms with Crippen molar-refractivity contribution < 1.29 is 33.7 Å². The topological polar surface area (TPSA) is 121 Å². The van der Waals surface area contributed by atoms with Gasteiger partial charge in [0.2, 0.25) is 0 Å². The fraction of sp³-hybridized carbons (Fsp3) is 0.222. The van der Waals surface area contributed by atoms with E-state index in [1.54, 1.807) is 0 Å². The molecule has 142 valence electrons. The summed E-state index contributed by atoms with van der Waals surface area (Å²) in [4.78, 5) is 49.7. The van der Waals surface area contributed by atoms with Gasteiger partial charge >= 0.3 is 17.9 Å². The number of phenolic OH excluding ortho intramolecular Hbond substituents is 1. The lowest BCUT2D eigenvalue weighted by Gasteiger charge is -2.17. The van der Waals surface area contributed by atoms with Crippen molar-refractivity contribution in [2.75, 3.05) is 20.8 Å². The Kier molecular flexibility index (Phi) is 5.96. The summed E-state index contributed by atoms with van der Waals surface area (Å²) in [5, 5.41) is 10.1. The van der Waals surface area contributed by atoms with Gasteiger partial charge in [-0.1, -0.05) is 12.1 Å². The standard InChI is InChI=1S/C18H17NO8/c1-4-27-18(24)15-14(17(23)26-3)10(16(22)25-2)9-13(21)19(15)11-7-5-6-8-12(11)20/h5-9,20H,4H2,1-3H3. The Morgan fingerprint density at radius 2 is 1.67 bits per heavy atom. The Morgan fingerprint density at radius 1 is 1.04 bits per heavy atom. The minimum absolute atomic E-state index is 0.0587. The molecule has 0 unspecified atom stereocenters. The van der Waals surface area contributed by atoms with Gasteiger partial charge in [0.05, 0.1) is 32.1 Å². The molecule has 0 amide bonds. The SMILES string of the molecule is CCOC(=O)c1c(C(=O)OC)c(C(=O)OC)cc(=O)n1-c1ccccc1O. The zero-order valence-corrected chi connectivity index (χ0v) is 14.8. The number of hydrogen-bond acceptors (Lipinski definition) is 8. The molecule has 0 aliphatic rings. The quantitative estimate of drug-likeness (QED) is 0.613. The predicted octanol–water partition coefficient (Wildman–Crippen LogP) is 1.29. The molecule has 0 saturated carbocycles. The van der Waals surface area contributed by atoms with Gasteiger partial charge < -0.3 is 19.3 Å². The number of esters is 3. The van der Waals surface area contributed by atoms with E-state index in [1.807, 2.05) is 0 Å². The first kappa shape index (κ1) is 19.7. The van der Waals surface area contributed by atoms with Gasteiger partial charge in [0.15, 0.2) is 5.69 Å². The number of ether oxygens (including phenoxy) is 3. The van der Waals surface area contributed by atoms with Crippen LogP contribution in [0, 0.1) is 0 Å². The summed E-state index contributed by atoms with van der Waals surface area (Å²) < 4.78 is 15.0. The van der Waals surface area contributed by atoms with Crippen molar-refractivity contribution in [3.8, 4) is 11.4 Å². The Balaban J connectivity index is 3.03. The highest BCUT2D eigenvalue weighted by atomic mass is 16.5. The Hall–Kier alpha value is -3.62. The number of carbonyl (C=O) groups excluding carboxylic acids is 3. The molecule has 0 atom stereocenters. The number of para-hydroxylation sites is 2. The third kappa shape index (κ3) is 3.66. The average Bonchev–Trinajstić information content (AvgIpc) is 2.66. The van der Waals surface area contributed by atoms with Gasteiger partial charge in [-0.3, -0.25) is 9.36 Å². The number of methoxy groups -OCH3 is 2. The monoisotopic (exact) mass is 375 g/mol. The van der Waals surface area contributed by atoms with Gasteiger partial charge in [-0.05, 0) is 19.1 Å². The van der Waals surface area contributed by atoms with Crippen molar-refractivity contribution in [3.63, 3.8) is 0 Å². The number of phenols is 1. The first-order chi connectivity index (χ1) is 12.9. The number of aromatic nitrogens is 1. The molecule has 0 spiro atoms. The number of hydrogen-bond donors (Lipinski definition) is 1. The van der Waals surface area contributed by atoms with E-state index in [0.29, 0.717) is 0 Å². The molecule has 2 aromatic rings. The number of benzene rings is 1. The molecule has 1 aromatic heterocycles. The third-order valence-corrected chi connectivity index (χ3v) is 3.60. The molecule has 0 aliphatic heterocycles. The summed E-state index contributed by atoms with van der Waals surface area (Å²) in [6, 6.07) is 6.51. The van der Waals surface area contributed by atoms with Gasteiger partial charge in [0.1, 0.15) is 11.3 Å². The van der Waals surface area contributed by atoms with Gasteiger partial charge in [-0.15, -0.1) is 0 Å². The highest BCUT2D eigenvalue weighted by molar-refractivity contribution is 6.09. The fourth-order valence-electron chi connectivity index (χ4n) is 2.47. The molecule has 0 fully saturated rings. The van der Waals surface area contributed by atoms with Crippen LogP contribution >= 0.6 is 0 Å². The van der Waals surface area contributed by atoms with Crippen molar-refractivity contribution >= 4 is 17.9 Å². The van der Waals surface area contributed by atoms with E-state index in [1.165, 1.54) is 31.2 Å².